The molecule has 0 N–H and O–H groups in total. The Kier molecular flexibility index (Phi) is 4.88. The van der Waals surface area contributed by atoms with Crippen LogP contribution in [0.3, 0.4) is 0 Å². The molecule has 2 rings (SSSR count). The monoisotopic (exact) mass is 366 g/mol. The van der Waals surface area contributed by atoms with Crippen LogP contribution in [-0.2, 0) is 15.6 Å². The third kappa shape index (κ3) is 3.72. The summed E-state index contributed by atoms with van der Waals surface area (Å²) in [4.78, 5) is 4.10. The van der Waals surface area contributed by atoms with Gasteiger partial charge in [0.1, 0.15) is 5.82 Å². The minimum atomic E-state index is -3.87. The van der Waals surface area contributed by atoms with Gasteiger partial charge >= 0.3 is 0 Å². The van der Waals surface area contributed by atoms with Gasteiger partial charge in [0.2, 0.25) is 0 Å². The van der Waals surface area contributed by atoms with Crippen LogP contribution in [0.4, 0.5) is 0 Å². The Balaban J connectivity index is 2.48. The molecule has 0 aliphatic carbocycles. The molecule has 0 fully saturated rings. The van der Waals surface area contributed by atoms with Crippen LogP contribution < -0.4 is 0 Å². The Morgan fingerprint density at radius 2 is 1.95 bits per heavy atom. The predicted octanol–water partition coefficient (Wildman–Crippen LogP) is 4.29. The lowest BCUT2D eigenvalue weighted by molar-refractivity contribution is 0.606. The molecular weight excluding hydrogens is 355 g/mol. The number of benzene rings is 1. The molecule has 0 saturated heterocycles. The molecular formula is C13H13Cl3N2O2S. The smallest absolute Gasteiger partial charge is 0.280 e. The molecule has 0 saturated carbocycles. The molecule has 0 radical (unpaired) electrons. The van der Waals surface area contributed by atoms with Gasteiger partial charge in [0.15, 0.2) is 5.03 Å². The summed E-state index contributed by atoms with van der Waals surface area (Å²) >= 11 is 12.1. The second-order valence-electron chi connectivity index (χ2n) is 4.87. The molecule has 114 valence electrons. The van der Waals surface area contributed by atoms with E-state index in [-0.39, 0.29) is 10.9 Å². The minimum Gasteiger partial charge on any atom is -0.329 e. The molecule has 1 aromatic carbocycles. The summed E-state index contributed by atoms with van der Waals surface area (Å²) in [6.07, 6.45) is 1.41. The van der Waals surface area contributed by atoms with Crippen molar-refractivity contribution in [2.75, 3.05) is 0 Å². The molecule has 4 nitrogen and oxygen atoms in total. The van der Waals surface area contributed by atoms with Crippen LogP contribution in [0.2, 0.25) is 10.0 Å². The lowest BCUT2D eigenvalue weighted by Gasteiger charge is -2.11. The van der Waals surface area contributed by atoms with Gasteiger partial charge in [-0.15, -0.1) is 0 Å². The van der Waals surface area contributed by atoms with Crippen LogP contribution >= 0.6 is 33.9 Å². The first-order chi connectivity index (χ1) is 9.70. The lowest BCUT2D eigenvalue weighted by atomic mass is 10.2. The Labute approximate surface area is 138 Å². The van der Waals surface area contributed by atoms with Crippen molar-refractivity contribution in [1.82, 2.24) is 9.55 Å². The van der Waals surface area contributed by atoms with Crippen molar-refractivity contribution >= 4 is 42.9 Å². The highest BCUT2D eigenvalue weighted by atomic mass is 35.7. The largest absolute Gasteiger partial charge is 0.329 e. The van der Waals surface area contributed by atoms with Gasteiger partial charge in [-0.3, -0.25) is 0 Å². The molecule has 0 aliphatic rings. The summed E-state index contributed by atoms with van der Waals surface area (Å²) in [7, 11) is 1.49. The molecule has 2 aromatic rings. The molecule has 8 heteroatoms. The third-order valence-corrected chi connectivity index (χ3v) is 4.95. The van der Waals surface area contributed by atoms with Gasteiger partial charge in [0, 0.05) is 22.8 Å². The molecule has 0 bridgehead atoms. The van der Waals surface area contributed by atoms with Gasteiger partial charge in [-0.1, -0.05) is 49.2 Å². The van der Waals surface area contributed by atoms with E-state index >= 15 is 0 Å². The fraction of sp³-hybridized carbons (Fsp3) is 0.308. The van der Waals surface area contributed by atoms with E-state index in [2.05, 4.69) is 4.98 Å². The number of nitrogens with zero attached hydrogens (tertiary/aromatic N) is 2. The summed E-state index contributed by atoms with van der Waals surface area (Å²) in [5.41, 5.74) is 0.780. The number of rotatable bonds is 4. The zero-order valence-electron chi connectivity index (χ0n) is 11.3. The first-order valence-electron chi connectivity index (χ1n) is 6.14. The summed E-state index contributed by atoms with van der Waals surface area (Å²) in [6, 6.07) is 5.31. The Bertz CT molecular complexity index is 770. The van der Waals surface area contributed by atoms with Gasteiger partial charge in [-0.25, -0.2) is 13.4 Å². The quantitative estimate of drug-likeness (QED) is 0.757. The molecule has 0 atom stereocenters. The summed E-state index contributed by atoms with van der Waals surface area (Å²) in [5, 5.41) is 0.731. The van der Waals surface area contributed by atoms with E-state index < -0.39 is 9.05 Å². The van der Waals surface area contributed by atoms with Crippen LogP contribution in [-0.4, -0.2) is 18.0 Å². The molecule has 0 aliphatic heterocycles. The zero-order valence-corrected chi connectivity index (χ0v) is 14.4. The third-order valence-electron chi connectivity index (χ3n) is 2.92. The second kappa shape index (κ2) is 6.16. The van der Waals surface area contributed by atoms with Crippen molar-refractivity contribution < 1.29 is 8.42 Å². The van der Waals surface area contributed by atoms with Crippen LogP contribution in [0.15, 0.2) is 29.4 Å². The first kappa shape index (κ1) is 16.6. The highest BCUT2D eigenvalue weighted by molar-refractivity contribution is 8.13. The standard InChI is InChI=1S/C13H13Cl3N2O2S/c1-8(2)13-17-11(21(16,19)20)7-18(13)6-9-4-3-5-10(14)12(9)15/h3-5,7-8H,6H2,1-2H3. The van der Waals surface area contributed by atoms with E-state index in [0.29, 0.717) is 22.4 Å². The molecule has 0 spiro atoms. The molecule has 0 unspecified atom stereocenters. The maximum Gasteiger partial charge on any atom is 0.280 e. The van der Waals surface area contributed by atoms with E-state index in [1.165, 1.54) is 6.20 Å². The van der Waals surface area contributed by atoms with Crippen molar-refractivity contribution in [1.29, 1.82) is 0 Å². The fourth-order valence-corrected chi connectivity index (χ4v) is 3.02. The summed E-state index contributed by atoms with van der Waals surface area (Å²) < 4.78 is 24.6. The van der Waals surface area contributed by atoms with Gasteiger partial charge in [-0.2, -0.15) is 0 Å². The van der Waals surface area contributed by atoms with Crippen molar-refractivity contribution in [3.8, 4) is 0 Å². The van der Waals surface area contributed by atoms with Gasteiger partial charge in [-0.05, 0) is 11.6 Å². The van der Waals surface area contributed by atoms with Gasteiger partial charge in [0.25, 0.3) is 9.05 Å². The topological polar surface area (TPSA) is 52.0 Å². The highest BCUT2D eigenvalue weighted by Gasteiger charge is 2.20. The second-order valence-corrected chi connectivity index (χ2v) is 8.17. The molecule has 1 aromatic heterocycles. The first-order valence-corrected chi connectivity index (χ1v) is 9.21. The van der Waals surface area contributed by atoms with Crippen LogP contribution in [0.5, 0.6) is 0 Å². The normalized spacial score (nSPS) is 12.1. The van der Waals surface area contributed by atoms with Gasteiger partial charge < -0.3 is 4.57 Å². The number of hydrogen-bond donors (Lipinski definition) is 0. The molecule has 21 heavy (non-hydrogen) atoms. The van der Waals surface area contributed by atoms with Crippen molar-refractivity contribution in [3.63, 3.8) is 0 Å². The minimum absolute atomic E-state index is 0.0372. The van der Waals surface area contributed by atoms with Crippen LogP contribution in [0.1, 0.15) is 31.2 Å². The van der Waals surface area contributed by atoms with E-state index in [1.807, 2.05) is 19.9 Å². The molecule has 1 heterocycles. The van der Waals surface area contributed by atoms with E-state index in [9.17, 15) is 8.42 Å². The Morgan fingerprint density at radius 3 is 2.52 bits per heavy atom. The fourth-order valence-electron chi connectivity index (χ4n) is 1.96. The maximum absolute atomic E-state index is 11.4. The van der Waals surface area contributed by atoms with E-state index in [1.54, 1.807) is 16.7 Å². The SMILES string of the molecule is CC(C)c1nc(S(=O)(=O)Cl)cn1Cc1cccc(Cl)c1Cl. The summed E-state index contributed by atoms with van der Waals surface area (Å²) in [5.74, 6) is 0.653. The number of aromatic nitrogens is 2. The van der Waals surface area contributed by atoms with E-state index in [4.69, 9.17) is 33.9 Å². The predicted molar refractivity (Wildman–Crippen MR) is 84.9 cm³/mol. The number of halogens is 3. The average Bonchev–Trinajstić information content (AvgIpc) is 2.79. The van der Waals surface area contributed by atoms with Crippen molar-refractivity contribution in [2.24, 2.45) is 0 Å². The van der Waals surface area contributed by atoms with Gasteiger partial charge in [0.05, 0.1) is 16.6 Å². The van der Waals surface area contributed by atoms with Crippen LogP contribution in [0.25, 0.3) is 0 Å². The van der Waals surface area contributed by atoms with Crippen molar-refractivity contribution in [2.45, 2.75) is 31.3 Å². The Hall–Kier alpha value is -0.750. The van der Waals surface area contributed by atoms with Crippen LogP contribution in [0, 0.1) is 0 Å². The number of imidazole rings is 1. The maximum atomic E-state index is 11.4. The average molecular weight is 368 g/mol. The zero-order chi connectivity index (χ0) is 15.8. The Morgan fingerprint density at radius 1 is 1.29 bits per heavy atom. The van der Waals surface area contributed by atoms with E-state index in [0.717, 1.165) is 5.56 Å². The summed E-state index contributed by atoms with van der Waals surface area (Å²) in [6.45, 7) is 4.21. The molecule has 0 amide bonds. The van der Waals surface area contributed by atoms with Crippen molar-refractivity contribution in [3.05, 3.63) is 45.8 Å². The number of hydrogen-bond acceptors (Lipinski definition) is 3. The highest BCUT2D eigenvalue weighted by Crippen LogP contribution is 2.28. The lowest BCUT2D eigenvalue weighted by Crippen LogP contribution is -2.06.